The fourth-order valence-corrected chi connectivity index (χ4v) is 6.02. The van der Waals surface area contributed by atoms with Gasteiger partial charge in [-0.15, -0.1) is 0 Å². The van der Waals surface area contributed by atoms with Crippen molar-refractivity contribution in [3.8, 4) is 11.5 Å². The molecule has 8 nitrogen and oxygen atoms in total. The monoisotopic (exact) mass is 526 g/mol. The number of hydrogen-bond acceptors (Lipinski definition) is 7. The number of anilines is 1. The number of halogens is 1. The van der Waals surface area contributed by atoms with Crippen molar-refractivity contribution in [2.75, 3.05) is 64.6 Å². The first-order chi connectivity index (χ1) is 18.4. The molecule has 1 unspecified atom stereocenters. The lowest BCUT2D eigenvalue weighted by Crippen LogP contribution is -2.56. The molecular weight excluding hydrogens is 487 g/mol. The van der Waals surface area contributed by atoms with E-state index in [1.54, 1.807) is 6.07 Å². The van der Waals surface area contributed by atoms with Gasteiger partial charge in [0.1, 0.15) is 5.75 Å². The minimum atomic E-state index is -0.330. The number of fused-ring (bicyclic) bond motifs is 1. The van der Waals surface area contributed by atoms with Gasteiger partial charge in [-0.1, -0.05) is 6.07 Å². The second-order valence-corrected chi connectivity index (χ2v) is 10.4. The molecule has 2 atom stereocenters. The van der Waals surface area contributed by atoms with Crippen LogP contribution in [0.15, 0.2) is 30.3 Å². The molecule has 9 heteroatoms. The van der Waals surface area contributed by atoms with Crippen LogP contribution in [0.4, 0.5) is 10.1 Å². The molecule has 0 radical (unpaired) electrons. The van der Waals surface area contributed by atoms with Gasteiger partial charge in [-0.25, -0.2) is 9.40 Å². The van der Waals surface area contributed by atoms with Gasteiger partial charge >= 0.3 is 0 Å². The highest BCUT2D eigenvalue weighted by atomic mass is 19.1. The first-order valence-electron chi connectivity index (χ1n) is 13.6. The van der Waals surface area contributed by atoms with Crippen LogP contribution in [-0.2, 0) is 9.53 Å². The second kappa shape index (κ2) is 11.9. The first kappa shape index (κ1) is 26.7. The maximum atomic E-state index is 13.9. The molecular formula is C29H39FN4O4. The van der Waals surface area contributed by atoms with Crippen LogP contribution in [0.1, 0.15) is 42.0 Å². The van der Waals surface area contributed by atoms with E-state index < -0.39 is 0 Å². The molecule has 206 valence electrons. The Kier molecular flexibility index (Phi) is 8.35. The standard InChI is InChI=1S/C29H39FN4O4/c1-20-21(2)27(38-19-29(35)31-33-13-15-37-16-14-33)10-8-24(20)26-6-4-5-23-18-32(11-12-34(23)26)22-7-9-25(30)28(17-22)36-3/h7-10,17,23,26H,4-6,11-16,18-19H2,1-3H3,(H,31,35)/t23?,26-/m1/s1. The molecule has 1 amide bonds. The van der Waals surface area contributed by atoms with Crippen molar-refractivity contribution in [3.63, 3.8) is 0 Å². The van der Waals surface area contributed by atoms with Gasteiger partial charge in [0.25, 0.3) is 5.91 Å². The van der Waals surface area contributed by atoms with E-state index in [1.165, 1.54) is 30.7 Å². The molecule has 0 aromatic heterocycles. The normalized spacial score (nSPS) is 22.6. The van der Waals surface area contributed by atoms with Crippen LogP contribution < -0.4 is 19.8 Å². The number of ether oxygens (including phenoxy) is 3. The summed E-state index contributed by atoms with van der Waals surface area (Å²) in [5.74, 6) is 0.563. The zero-order valence-corrected chi connectivity index (χ0v) is 22.7. The lowest BCUT2D eigenvalue weighted by atomic mass is 9.86. The van der Waals surface area contributed by atoms with E-state index >= 15 is 0 Å². The molecule has 3 fully saturated rings. The zero-order chi connectivity index (χ0) is 26.6. The summed E-state index contributed by atoms with van der Waals surface area (Å²) in [7, 11) is 1.51. The Bertz CT molecular complexity index is 1140. The van der Waals surface area contributed by atoms with Crippen LogP contribution in [0.3, 0.4) is 0 Å². The Morgan fingerprint density at radius 1 is 1.05 bits per heavy atom. The number of piperazine rings is 1. The van der Waals surface area contributed by atoms with Gasteiger partial charge in [-0.05, 0) is 68.0 Å². The van der Waals surface area contributed by atoms with Crippen molar-refractivity contribution in [2.24, 2.45) is 0 Å². The highest BCUT2D eigenvalue weighted by Gasteiger charge is 2.36. The van der Waals surface area contributed by atoms with E-state index in [-0.39, 0.29) is 18.3 Å². The van der Waals surface area contributed by atoms with Crippen molar-refractivity contribution in [2.45, 2.75) is 45.2 Å². The van der Waals surface area contributed by atoms with E-state index in [4.69, 9.17) is 14.2 Å². The minimum absolute atomic E-state index is 0.0153. The molecule has 3 aliphatic heterocycles. The largest absolute Gasteiger partial charge is 0.494 e. The lowest BCUT2D eigenvalue weighted by molar-refractivity contribution is -0.130. The number of piperidine rings is 1. The molecule has 5 rings (SSSR count). The number of morpholine rings is 1. The predicted molar refractivity (Wildman–Crippen MR) is 144 cm³/mol. The van der Waals surface area contributed by atoms with Crippen LogP contribution in [0, 0.1) is 19.7 Å². The summed E-state index contributed by atoms with van der Waals surface area (Å²) in [6, 6.07) is 10.1. The predicted octanol–water partition coefficient (Wildman–Crippen LogP) is 3.61. The number of carbonyl (C=O) groups is 1. The van der Waals surface area contributed by atoms with Crippen LogP contribution in [0.25, 0.3) is 0 Å². The van der Waals surface area contributed by atoms with Crippen LogP contribution >= 0.6 is 0 Å². The average molecular weight is 527 g/mol. The lowest BCUT2D eigenvalue weighted by Gasteiger charge is -2.49. The Hall–Kier alpha value is -2.88. The van der Waals surface area contributed by atoms with Crippen molar-refractivity contribution in [1.82, 2.24) is 15.3 Å². The molecule has 3 heterocycles. The number of rotatable bonds is 7. The SMILES string of the molecule is COc1cc(N2CCN3C(CCC[C@@H]3c3ccc(OCC(=O)NN4CCOCC4)c(C)c3C)C2)ccc1F. The number of nitrogens with one attached hydrogen (secondary N) is 1. The quantitative estimate of drug-likeness (QED) is 0.591. The van der Waals surface area contributed by atoms with Crippen molar-refractivity contribution < 1.29 is 23.4 Å². The van der Waals surface area contributed by atoms with Gasteiger partial charge in [0.15, 0.2) is 18.2 Å². The van der Waals surface area contributed by atoms with Gasteiger partial charge in [-0.2, -0.15) is 0 Å². The number of carbonyl (C=O) groups excluding carboxylic acids is 1. The number of nitrogens with zero attached hydrogens (tertiary/aromatic N) is 3. The number of benzene rings is 2. The van der Waals surface area contributed by atoms with Crippen molar-refractivity contribution in [1.29, 1.82) is 0 Å². The minimum Gasteiger partial charge on any atom is -0.494 e. The first-order valence-corrected chi connectivity index (χ1v) is 13.6. The Labute approximate surface area is 224 Å². The van der Waals surface area contributed by atoms with E-state index in [0.29, 0.717) is 44.1 Å². The van der Waals surface area contributed by atoms with E-state index in [0.717, 1.165) is 49.5 Å². The summed E-state index contributed by atoms with van der Waals surface area (Å²) < 4.78 is 30.4. The Morgan fingerprint density at radius 2 is 1.87 bits per heavy atom. The fourth-order valence-electron chi connectivity index (χ4n) is 6.02. The van der Waals surface area contributed by atoms with E-state index in [1.807, 2.05) is 17.1 Å². The molecule has 3 saturated heterocycles. The topological polar surface area (TPSA) is 66.5 Å². The number of amides is 1. The third-order valence-corrected chi connectivity index (χ3v) is 8.23. The highest BCUT2D eigenvalue weighted by molar-refractivity contribution is 5.77. The Morgan fingerprint density at radius 3 is 2.66 bits per heavy atom. The van der Waals surface area contributed by atoms with Crippen LogP contribution in [0.2, 0.25) is 0 Å². The molecule has 0 aliphatic carbocycles. The van der Waals surface area contributed by atoms with Crippen LogP contribution in [-0.4, -0.2) is 81.5 Å². The molecule has 0 bridgehead atoms. The van der Waals surface area contributed by atoms with E-state index in [9.17, 15) is 9.18 Å². The van der Waals surface area contributed by atoms with Gasteiger partial charge < -0.3 is 19.1 Å². The molecule has 3 aliphatic rings. The van der Waals surface area contributed by atoms with Crippen LogP contribution in [0.5, 0.6) is 11.5 Å². The molecule has 0 saturated carbocycles. The molecule has 38 heavy (non-hydrogen) atoms. The third kappa shape index (κ3) is 5.75. The Balaban J connectivity index is 1.23. The van der Waals surface area contributed by atoms with Crippen molar-refractivity contribution in [3.05, 3.63) is 52.8 Å². The van der Waals surface area contributed by atoms with Gasteiger partial charge in [-0.3, -0.25) is 15.1 Å². The third-order valence-electron chi connectivity index (χ3n) is 8.23. The summed E-state index contributed by atoms with van der Waals surface area (Å²) in [6.07, 6.45) is 3.46. The number of methoxy groups -OCH3 is 1. The maximum absolute atomic E-state index is 13.9. The zero-order valence-electron chi connectivity index (χ0n) is 22.7. The molecule has 0 spiro atoms. The maximum Gasteiger partial charge on any atom is 0.272 e. The summed E-state index contributed by atoms with van der Waals surface area (Å²) in [5.41, 5.74) is 7.56. The summed E-state index contributed by atoms with van der Waals surface area (Å²) in [4.78, 5) is 17.4. The number of hydrazine groups is 1. The molecule has 2 aromatic carbocycles. The van der Waals surface area contributed by atoms with Crippen molar-refractivity contribution >= 4 is 11.6 Å². The molecule has 2 aromatic rings. The second-order valence-electron chi connectivity index (χ2n) is 10.4. The fraction of sp³-hybridized carbons (Fsp3) is 0.552. The summed E-state index contributed by atoms with van der Waals surface area (Å²) >= 11 is 0. The number of hydrogen-bond donors (Lipinski definition) is 1. The average Bonchev–Trinajstić information content (AvgIpc) is 2.94. The molecule has 1 N–H and O–H groups in total. The summed E-state index contributed by atoms with van der Waals surface area (Å²) in [6.45, 7) is 9.61. The van der Waals surface area contributed by atoms with E-state index in [2.05, 4.69) is 35.1 Å². The smallest absolute Gasteiger partial charge is 0.272 e. The highest BCUT2D eigenvalue weighted by Crippen LogP contribution is 2.40. The van der Waals surface area contributed by atoms with Gasteiger partial charge in [0.05, 0.1) is 20.3 Å². The summed E-state index contributed by atoms with van der Waals surface area (Å²) in [5, 5.41) is 1.88. The van der Waals surface area contributed by atoms with Gasteiger partial charge in [0.2, 0.25) is 0 Å². The van der Waals surface area contributed by atoms with Gasteiger partial charge in [0, 0.05) is 56.6 Å².